The molecule has 0 spiro atoms. The third-order valence-electron chi connectivity index (χ3n) is 5.95. The van der Waals surface area contributed by atoms with Crippen LogP contribution >= 0.6 is 0 Å². The first-order chi connectivity index (χ1) is 16.2. The van der Waals surface area contributed by atoms with Gasteiger partial charge in [0, 0.05) is 54.6 Å². The fourth-order valence-electron chi connectivity index (χ4n) is 4.26. The summed E-state index contributed by atoms with van der Waals surface area (Å²) in [6.07, 6.45) is 6.05. The molecule has 0 unspecified atom stereocenters. The van der Waals surface area contributed by atoms with Crippen LogP contribution in [-0.4, -0.2) is 27.4 Å². The number of ether oxygens (including phenoxy) is 4. The van der Waals surface area contributed by atoms with Gasteiger partial charge in [-0.25, -0.2) is 0 Å². The van der Waals surface area contributed by atoms with E-state index in [0.717, 1.165) is 52.7 Å². The minimum Gasteiger partial charge on any atom is -0.497 e. The second-order valence-electron chi connectivity index (χ2n) is 7.98. The Labute approximate surface area is 194 Å². The normalized spacial score (nSPS) is 16.9. The van der Waals surface area contributed by atoms with E-state index in [4.69, 9.17) is 18.9 Å². The lowest BCUT2D eigenvalue weighted by Crippen LogP contribution is -2.15. The van der Waals surface area contributed by atoms with Gasteiger partial charge in [-0.05, 0) is 23.3 Å². The number of methoxy groups -OCH3 is 2. The summed E-state index contributed by atoms with van der Waals surface area (Å²) in [4.78, 5) is 2.17. The van der Waals surface area contributed by atoms with Crippen LogP contribution in [0.25, 0.3) is 11.1 Å². The zero-order valence-electron chi connectivity index (χ0n) is 18.9. The van der Waals surface area contributed by atoms with E-state index in [1.165, 1.54) is 11.1 Å². The van der Waals surface area contributed by atoms with Gasteiger partial charge >= 0.3 is 0 Å². The van der Waals surface area contributed by atoms with Crippen LogP contribution in [0.1, 0.15) is 24.0 Å². The molecule has 2 aliphatic heterocycles. The molecule has 0 bridgehead atoms. The first-order valence-corrected chi connectivity index (χ1v) is 11.1. The van der Waals surface area contributed by atoms with Crippen molar-refractivity contribution in [3.05, 3.63) is 90.3 Å². The van der Waals surface area contributed by atoms with Crippen molar-refractivity contribution >= 4 is 16.8 Å². The number of nitrogens with zero attached hydrogens (tertiary/aromatic N) is 1. The summed E-state index contributed by atoms with van der Waals surface area (Å²) in [5.41, 5.74) is 5.63. The Morgan fingerprint density at radius 1 is 0.697 bits per heavy atom. The van der Waals surface area contributed by atoms with Crippen molar-refractivity contribution in [1.29, 1.82) is 0 Å². The maximum Gasteiger partial charge on any atom is 0.126 e. The smallest absolute Gasteiger partial charge is 0.126 e. The standard InChI is InChI=1S/C28H27NO4/c1-30-23-15-22(16-24(17-23)31-2)29(18-20-11-13-32-27-9-5-3-7-25(20)27)19-21-12-14-33-28-10-6-4-8-26(21)28/h3-10,15-19H,11-14H2,1-2H3. The number of rotatable bonds is 5. The van der Waals surface area contributed by atoms with Crippen molar-refractivity contribution in [3.63, 3.8) is 0 Å². The van der Waals surface area contributed by atoms with E-state index in [1.54, 1.807) is 14.2 Å². The number of para-hydroxylation sites is 2. The van der Waals surface area contributed by atoms with E-state index >= 15 is 0 Å². The maximum absolute atomic E-state index is 5.88. The third kappa shape index (κ3) is 4.40. The van der Waals surface area contributed by atoms with Crippen molar-refractivity contribution in [3.8, 4) is 23.0 Å². The van der Waals surface area contributed by atoms with Gasteiger partial charge in [-0.2, -0.15) is 0 Å². The molecule has 0 amide bonds. The predicted octanol–water partition coefficient (Wildman–Crippen LogP) is 6.16. The molecule has 0 atom stereocenters. The molecule has 5 rings (SSSR count). The second-order valence-corrected chi connectivity index (χ2v) is 7.98. The molecular weight excluding hydrogens is 414 g/mol. The van der Waals surface area contributed by atoms with Crippen molar-refractivity contribution in [2.24, 2.45) is 0 Å². The van der Waals surface area contributed by atoms with Gasteiger partial charge in [0.2, 0.25) is 0 Å². The Morgan fingerprint density at radius 2 is 1.18 bits per heavy atom. The van der Waals surface area contributed by atoms with Gasteiger partial charge in [0.25, 0.3) is 0 Å². The van der Waals surface area contributed by atoms with Gasteiger partial charge in [-0.1, -0.05) is 36.4 Å². The highest BCUT2D eigenvalue weighted by Crippen LogP contribution is 2.38. The number of hydrogen-bond acceptors (Lipinski definition) is 5. The fourth-order valence-corrected chi connectivity index (χ4v) is 4.26. The molecule has 0 aromatic heterocycles. The number of fused-ring (bicyclic) bond motifs is 2. The van der Waals surface area contributed by atoms with Crippen molar-refractivity contribution in [2.45, 2.75) is 12.8 Å². The summed E-state index contributed by atoms with van der Waals surface area (Å²) in [7, 11) is 3.34. The summed E-state index contributed by atoms with van der Waals surface area (Å²) >= 11 is 0. The van der Waals surface area contributed by atoms with Gasteiger partial charge in [-0.15, -0.1) is 0 Å². The molecule has 5 nitrogen and oxygen atoms in total. The monoisotopic (exact) mass is 441 g/mol. The molecule has 0 radical (unpaired) electrons. The van der Waals surface area contributed by atoms with Gasteiger partial charge in [0.1, 0.15) is 23.0 Å². The molecule has 2 heterocycles. The lowest BCUT2D eigenvalue weighted by molar-refractivity contribution is 0.316. The van der Waals surface area contributed by atoms with E-state index < -0.39 is 0 Å². The van der Waals surface area contributed by atoms with Crippen LogP contribution in [-0.2, 0) is 0 Å². The molecule has 33 heavy (non-hydrogen) atoms. The highest BCUT2D eigenvalue weighted by molar-refractivity contribution is 5.79. The van der Waals surface area contributed by atoms with Crippen molar-refractivity contribution in [1.82, 2.24) is 0 Å². The molecule has 0 N–H and O–H groups in total. The first-order valence-electron chi connectivity index (χ1n) is 11.1. The van der Waals surface area contributed by atoms with Gasteiger partial charge in [-0.3, -0.25) is 0 Å². The third-order valence-corrected chi connectivity index (χ3v) is 5.95. The first kappa shape index (κ1) is 21.0. The van der Waals surface area contributed by atoms with Crippen LogP contribution in [0, 0.1) is 0 Å². The number of hydrogen-bond donors (Lipinski definition) is 0. The number of anilines is 1. The largest absolute Gasteiger partial charge is 0.497 e. The van der Waals surface area contributed by atoms with Gasteiger partial charge < -0.3 is 23.8 Å². The molecule has 0 aliphatic carbocycles. The molecule has 0 saturated heterocycles. The van der Waals surface area contributed by atoms with Crippen LogP contribution in [0.5, 0.6) is 23.0 Å². The SMILES string of the molecule is COc1cc(OC)cc(N(C=C2CCOc3ccccc32)C=C2CCOc3ccccc32)c1. The van der Waals surface area contributed by atoms with Crippen LogP contribution in [0.15, 0.2) is 79.1 Å². The van der Waals surface area contributed by atoms with Crippen molar-refractivity contribution < 1.29 is 18.9 Å². The Balaban J connectivity index is 1.65. The second kappa shape index (κ2) is 9.33. The topological polar surface area (TPSA) is 40.2 Å². The van der Waals surface area contributed by atoms with Crippen LogP contribution in [0.3, 0.4) is 0 Å². The van der Waals surface area contributed by atoms with E-state index in [1.807, 2.05) is 54.6 Å². The van der Waals surface area contributed by atoms with E-state index in [2.05, 4.69) is 29.4 Å². The minimum absolute atomic E-state index is 0.658. The average Bonchev–Trinajstić information content (AvgIpc) is 2.88. The summed E-state index contributed by atoms with van der Waals surface area (Å²) in [5, 5.41) is 0. The predicted molar refractivity (Wildman–Crippen MR) is 131 cm³/mol. The van der Waals surface area contributed by atoms with Crippen LogP contribution < -0.4 is 23.8 Å². The molecule has 0 fully saturated rings. The van der Waals surface area contributed by atoms with Gasteiger partial charge in [0.05, 0.1) is 33.1 Å². The Hall–Kier alpha value is -3.86. The maximum atomic E-state index is 5.88. The molecule has 5 heteroatoms. The average molecular weight is 442 g/mol. The highest BCUT2D eigenvalue weighted by atomic mass is 16.5. The summed E-state index contributed by atoms with van der Waals surface area (Å²) in [6, 6.07) is 22.3. The quantitative estimate of drug-likeness (QED) is 0.474. The number of benzene rings is 3. The summed E-state index contributed by atoms with van der Waals surface area (Å²) < 4.78 is 22.9. The van der Waals surface area contributed by atoms with E-state index in [0.29, 0.717) is 13.2 Å². The lowest BCUT2D eigenvalue weighted by Gasteiger charge is -2.26. The Bertz CT molecular complexity index is 1120. The summed E-state index contributed by atoms with van der Waals surface area (Å²) in [5.74, 6) is 3.32. The van der Waals surface area contributed by atoms with Crippen LogP contribution in [0.2, 0.25) is 0 Å². The lowest BCUT2D eigenvalue weighted by atomic mass is 9.99. The Morgan fingerprint density at radius 3 is 1.67 bits per heavy atom. The van der Waals surface area contributed by atoms with E-state index in [9.17, 15) is 0 Å². The molecule has 168 valence electrons. The van der Waals surface area contributed by atoms with Crippen LogP contribution in [0.4, 0.5) is 5.69 Å². The molecule has 3 aromatic rings. The summed E-state index contributed by atoms with van der Waals surface area (Å²) in [6.45, 7) is 1.32. The zero-order valence-corrected chi connectivity index (χ0v) is 18.9. The minimum atomic E-state index is 0.658. The molecular formula is C28H27NO4. The molecule has 2 aliphatic rings. The van der Waals surface area contributed by atoms with Crippen molar-refractivity contribution in [2.75, 3.05) is 32.3 Å². The fraction of sp³-hybridized carbons (Fsp3) is 0.214. The van der Waals surface area contributed by atoms with E-state index in [-0.39, 0.29) is 0 Å². The Kier molecular flexibility index (Phi) is 5.94. The highest BCUT2D eigenvalue weighted by Gasteiger charge is 2.19. The molecule has 3 aromatic carbocycles. The van der Waals surface area contributed by atoms with Gasteiger partial charge in [0.15, 0.2) is 0 Å². The molecule has 0 saturated carbocycles. The zero-order chi connectivity index (χ0) is 22.6.